The van der Waals surface area contributed by atoms with Gasteiger partial charge in [-0.2, -0.15) is 5.10 Å². The number of likely N-dealkylation sites (tertiary alicyclic amines) is 1. The molecular formula is C19H27N3O. The zero-order valence-corrected chi connectivity index (χ0v) is 14.2. The summed E-state index contributed by atoms with van der Waals surface area (Å²) in [6, 6.07) is 8.50. The molecule has 1 aliphatic heterocycles. The summed E-state index contributed by atoms with van der Waals surface area (Å²) in [5.74, 6) is 1.75. The molecule has 1 aromatic heterocycles. The Balaban J connectivity index is 1.48. The fourth-order valence-electron chi connectivity index (χ4n) is 3.51. The minimum absolute atomic E-state index is 0.808. The lowest BCUT2D eigenvalue weighted by Gasteiger charge is -2.32. The Morgan fingerprint density at radius 3 is 2.74 bits per heavy atom. The van der Waals surface area contributed by atoms with Crippen LogP contribution in [0.15, 0.2) is 36.7 Å². The number of hydrogen-bond donors (Lipinski definition) is 0. The second-order valence-electron chi connectivity index (χ2n) is 6.65. The molecule has 3 rings (SSSR count). The average Bonchev–Trinajstić information content (AvgIpc) is 2.99. The van der Waals surface area contributed by atoms with Crippen molar-refractivity contribution in [3.63, 3.8) is 0 Å². The van der Waals surface area contributed by atoms with E-state index in [-0.39, 0.29) is 0 Å². The largest absolute Gasteiger partial charge is 0.497 e. The maximum atomic E-state index is 5.22. The van der Waals surface area contributed by atoms with E-state index in [1.165, 1.54) is 43.5 Å². The van der Waals surface area contributed by atoms with E-state index < -0.39 is 0 Å². The molecule has 4 nitrogen and oxygen atoms in total. The van der Waals surface area contributed by atoms with Crippen LogP contribution in [0.4, 0.5) is 0 Å². The Labute approximate surface area is 139 Å². The van der Waals surface area contributed by atoms with Crippen LogP contribution in [0.2, 0.25) is 0 Å². The van der Waals surface area contributed by atoms with Crippen LogP contribution in [0.1, 0.15) is 30.4 Å². The Morgan fingerprint density at radius 1 is 1.22 bits per heavy atom. The van der Waals surface area contributed by atoms with Crippen LogP contribution >= 0.6 is 0 Å². The van der Waals surface area contributed by atoms with Crippen LogP contribution in [0.25, 0.3) is 0 Å². The third-order valence-electron chi connectivity index (χ3n) is 4.77. The Morgan fingerprint density at radius 2 is 2.04 bits per heavy atom. The van der Waals surface area contributed by atoms with E-state index in [0.29, 0.717) is 0 Å². The van der Waals surface area contributed by atoms with Crippen molar-refractivity contribution in [2.45, 2.75) is 32.2 Å². The number of hydrogen-bond acceptors (Lipinski definition) is 3. The second-order valence-corrected chi connectivity index (χ2v) is 6.65. The number of rotatable bonds is 6. The first-order valence-corrected chi connectivity index (χ1v) is 8.56. The maximum absolute atomic E-state index is 5.22. The fourth-order valence-corrected chi connectivity index (χ4v) is 3.51. The summed E-state index contributed by atoms with van der Waals surface area (Å²) in [4.78, 5) is 2.58. The van der Waals surface area contributed by atoms with Crippen molar-refractivity contribution in [1.82, 2.24) is 14.7 Å². The molecule has 23 heavy (non-hydrogen) atoms. The minimum atomic E-state index is 0.808. The van der Waals surface area contributed by atoms with Crippen molar-refractivity contribution in [3.05, 3.63) is 47.8 Å². The number of benzene rings is 1. The maximum Gasteiger partial charge on any atom is 0.118 e. The van der Waals surface area contributed by atoms with Gasteiger partial charge in [0.25, 0.3) is 0 Å². The van der Waals surface area contributed by atoms with Crippen molar-refractivity contribution in [2.75, 3.05) is 20.2 Å². The van der Waals surface area contributed by atoms with E-state index in [2.05, 4.69) is 40.5 Å². The van der Waals surface area contributed by atoms with Crippen molar-refractivity contribution in [3.8, 4) is 5.75 Å². The molecule has 1 atom stereocenters. The Kier molecular flexibility index (Phi) is 5.34. The Bertz CT molecular complexity index is 605. The highest BCUT2D eigenvalue weighted by Crippen LogP contribution is 2.23. The molecule has 1 aliphatic rings. The lowest BCUT2D eigenvalue weighted by atomic mass is 9.91. The summed E-state index contributed by atoms with van der Waals surface area (Å²) in [7, 11) is 3.70. The molecule has 0 N–H and O–H groups in total. The smallest absolute Gasteiger partial charge is 0.118 e. The molecule has 0 bridgehead atoms. The van der Waals surface area contributed by atoms with Crippen LogP contribution in [0, 0.1) is 5.92 Å². The van der Waals surface area contributed by atoms with E-state index in [4.69, 9.17) is 4.74 Å². The minimum Gasteiger partial charge on any atom is -0.497 e. The highest BCUT2D eigenvalue weighted by atomic mass is 16.5. The quantitative estimate of drug-likeness (QED) is 0.820. The molecule has 1 aromatic carbocycles. The van der Waals surface area contributed by atoms with Gasteiger partial charge in [-0.15, -0.1) is 0 Å². The molecule has 0 aliphatic carbocycles. The topological polar surface area (TPSA) is 30.3 Å². The molecule has 0 spiro atoms. The average molecular weight is 313 g/mol. The molecule has 0 radical (unpaired) electrons. The lowest BCUT2D eigenvalue weighted by Crippen LogP contribution is -2.35. The summed E-state index contributed by atoms with van der Waals surface area (Å²) >= 11 is 0. The van der Waals surface area contributed by atoms with Crippen LogP contribution in [-0.2, 0) is 20.0 Å². The summed E-state index contributed by atoms with van der Waals surface area (Å²) in [6.07, 6.45) is 9.22. The molecule has 124 valence electrons. The normalized spacial score (nSPS) is 19.0. The third kappa shape index (κ3) is 4.58. The van der Waals surface area contributed by atoms with Gasteiger partial charge in [-0.1, -0.05) is 12.1 Å². The van der Waals surface area contributed by atoms with Gasteiger partial charge in [0.1, 0.15) is 5.75 Å². The van der Waals surface area contributed by atoms with Crippen LogP contribution in [0.5, 0.6) is 5.75 Å². The summed E-state index contributed by atoms with van der Waals surface area (Å²) in [6.45, 7) is 3.46. The van der Waals surface area contributed by atoms with Gasteiger partial charge >= 0.3 is 0 Å². The van der Waals surface area contributed by atoms with E-state index in [1.54, 1.807) is 7.11 Å². The van der Waals surface area contributed by atoms with E-state index in [0.717, 1.165) is 24.6 Å². The number of aryl methyl sites for hydroxylation is 2. The zero-order valence-electron chi connectivity index (χ0n) is 14.2. The lowest BCUT2D eigenvalue weighted by molar-refractivity contribution is 0.162. The number of nitrogens with zero attached hydrogens (tertiary/aromatic N) is 3. The first kappa shape index (κ1) is 16.1. The standard InChI is InChI=1S/C19H27N3O/c1-21-13-18(12-20-21)15-22-11-3-4-17(14-22)6-5-16-7-9-19(23-2)10-8-16/h7-10,12-13,17H,3-6,11,14-15H2,1-2H3/t17-/m1/s1. The van der Waals surface area contributed by atoms with Gasteiger partial charge in [0, 0.05) is 31.9 Å². The van der Waals surface area contributed by atoms with E-state index in [1.807, 2.05) is 17.9 Å². The van der Waals surface area contributed by atoms with Crippen LogP contribution < -0.4 is 4.74 Å². The van der Waals surface area contributed by atoms with Crippen molar-refractivity contribution < 1.29 is 4.74 Å². The summed E-state index contributed by atoms with van der Waals surface area (Å²) in [5.41, 5.74) is 2.73. The van der Waals surface area contributed by atoms with Gasteiger partial charge in [0.15, 0.2) is 0 Å². The molecule has 2 aromatic rings. The molecule has 4 heteroatoms. The third-order valence-corrected chi connectivity index (χ3v) is 4.77. The molecule has 1 saturated heterocycles. The zero-order chi connectivity index (χ0) is 16.1. The van der Waals surface area contributed by atoms with Crippen molar-refractivity contribution in [2.24, 2.45) is 13.0 Å². The molecule has 2 heterocycles. The molecule has 0 amide bonds. The highest BCUT2D eigenvalue weighted by molar-refractivity contribution is 5.27. The molecule has 0 unspecified atom stereocenters. The SMILES string of the molecule is COc1ccc(CC[C@H]2CCCN(Cc3cnn(C)c3)C2)cc1. The number of aromatic nitrogens is 2. The van der Waals surface area contributed by atoms with Gasteiger partial charge in [0.2, 0.25) is 0 Å². The van der Waals surface area contributed by atoms with E-state index >= 15 is 0 Å². The second kappa shape index (κ2) is 7.64. The summed E-state index contributed by atoms with van der Waals surface area (Å²) < 4.78 is 7.11. The van der Waals surface area contributed by atoms with Gasteiger partial charge in [-0.25, -0.2) is 0 Å². The molecule has 0 saturated carbocycles. The fraction of sp³-hybridized carbons (Fsp3) is 0.526. The monoisotopic (exact) mass is 313 g/mol. The van der Waals surface area contributed by atoms with Crippen molar-refractivity contribution in [1.29, 1.82) is 0 Å². The predicted molar refractivity (Wildman–Crippen MR) is 92.5 cm³/mol. The van der Waals surface area contributed by atoms with Gasteiger partial charge in [0.05, 0.1) is 13.3 Å². The number of ether oxygens (including phenoxy) is 1. The number of methoxy groups -OCH3 is 1. The van der Waals surface area contributed by atoms with E-state index in [9.17, 15) is 0 Å². The molecule has 1 fully saturated rings. The van der Waals surface area contributed by atoms with Crippen LogP contribution in [0.3, 0.4) is 0 Å². The Hall–Kier alpha value is -1.81. The van der Waals surface area contributed by atoms with Gasteiger partial charge < -0.3 is 4.74 Å². The van der Waals surface area contributed by atoms with Gasteiger partial charge in [-0.3, -0.25) is 9.58 Å². The summed E-state index contributed by atoms with van der Waals surface area (Å²) in [5, 5.41) is 4.27. The van der Waals surface area contributed by atoms with Crippen molar-refractivity contribution >= 4 is 0 Å². The first-order valence-electron chi connectivity index (χ1n) is 8.56. The van der Waals surface area contributed by atoms with Crippen LogP contribution in [-0.4, -0.2) is 34.9 Å². The predicted octanol–water partition coefficient (Wildman–Crippen LogP) is 3.27. The highest BCUT2D eigenvalue weighted by Gasteiger charge is 2.20. The molecular weight excluding hydrogens is 286 g/mol. The number of piperidine rings is 1. The van der Waals surface area contributed by atoms with Gasteiger partial charge in [-0.05, 0) is 55.8 Å². The first-order chi connectivity index (χ1) is 11.2.